The zero-order valence-corrected chi connectivity index (χ0v) is 12.8. The lowest BCUT2D eigenvalue weighted by atomic mass is 9.88. The summed E-state index contributed by atoms with van der Waals surface area (Å²) in [6.45, 7) is 4.26. The quantitative estimate of drug-likeness (QED) is 0.877. The number of hydrogen-bond donors (Lipinski definition) is 2. The van der Waals surface area contributed by atoms with Crippen LogP contribution in [0.3, 0.4) is 0 Å². The molecule has 0 radical (unpaired) electrons. The molecule has 0 spiro atoms. The summed E-state index contributed by atoms with van der Waals surface area (Å²) in [5, 5.41) is 13.7. The molecule has 1 aliphatic rings. The molecule has 0 aromatic carbocycles. The monoisotopic (exact) mass is 295 g/mol. The number of rotatable bonds is 5. The Balaban J connectivity index is 2.02. The summed E-state index contributed by atoms with van der Waals surface area (Å²) in [7, 11) is 0. The summed E-state index contributed by atoms with van der Waals surface area (Å²) < 4.78 is 0. The number of amides is 1. The number of aliphatic carboxylic acids is 1. The topological polar surface area (TPSA) is 66.4 Å². The highest BCUT2D eigenvalue weighted by atomic mass is 32.1. The summed E-state index contributed by atoms with van der Waals surface area (Å²) in [4.78, 5) is 24.5. The Morgan fingerprint density at radius 1 is 1.55 bits per heavy atom. The Bertz CT molecular complexity index is 509. The van der Waals surface area contributed by atoms with E-state index < -0.39 is 11.9 Å². The molecule has 1 heterocycles. The van der Waals surface area contributed by atoms with Gasteiger partial charge in [0.05, 0.1) is 11.5 Å². The van der Waals surface area contributed by atoms with Gasteiger partial charge in [-0.15, -0.1) is 11.3 Å². The summed E-state index contributed by atoms with van der Waals surface area (Å²) in [5.74, 6) is -0.798. The van der Waals surface area contributed by atoms with E-state index in [-0.39, 0.29) is 12.5 Å². The molecule has 0 fully saturated rings. The molecule has 20 heavy (non-hydrogen) atoms. The average molecular weight is 295 g/mol. The highest BCUT2D eigenvalue weighted by Gasteiger charge is 2.24. The fourth-order valence-electron chi connectivity index (χ4n) is 2.59. The van der Waals surface area contributed by atoms with E-state index in [9.17, 15) is 9.59 Å². The highest BCUT2D eigenvalue weighted by molar-refractivity contribution is 7.10. The second kappa shape index (κ2) is 6.39. The van der Waals surface area contributed by atoms with E-state index in [1.807, 2.05) is 12.3 Å². The van der Waals surface area contributed by atoms with Crippen LogP contribution in [0.1, 0.15) is 47.5 Å². The predicted molar refractivity (Wildman–Crippen MR) is 79.3 cm³/mol. The molecule has 0 aliphatic heterocycles. The van der Waals surface area contributed by atoms with E-state index in [1.165, 1.54) is 10.4 Å². The van der Waals surface area contributed by atoms with E-state index in [2.05, 4.69) is 12.2 Å². The van der Waals surface area contributed by atoms with Crippen LogP contribution in [0.2, 0.25) is 0 Å². The van der Waals surface area contributed by atoms with Crippen molar-refractivity contribution >= 4 is 23.2 Å². The third-order valence-electron chi connectivity index (χ3n) is 4.00. The normalized spacial score (nSPS) is 19.2. The van der Waals surface area contributed by atoms with Crippen molar-refractivity contribution in [3.63, 3.8) is 0 Å². The SMILES string of the molecule is CCC(CNC(=O)c1csc2c1CCC(C)C2)C(=O)O. The molecule has 1 amide bonds. The molecule has 0 bridgehead atoms. The van der Waals surface area contributed by atoms with Crippen molar-refractivity contribution in [3.05, 3.63) is 21.4 Å². The minimum atomic E-state index is -0.853. The van der Waals surface area contributed by atoms with Gasteiger partial charge in [0.2, 0.25) is 0 Å². The second-order valence-electron chi connectivity index (χ2n) is 5.55. The Hall–Kier alpha value is -1.36. The van der Waals surface area contributed by atoms with Gasteiger partial charge in [0, 0.05) is 16.8 Å². The van der Waals surface area contributed by atoms with Crippen LogP contribution in [-0.2, 0) is 17.6 Å². The first kappa shape index (κ1) is 15.0. The second-order valence-corrected chi connectivity index (χ2v) is 6.52. The van der Waals surface area contributed by atoms with Crippen LogP contribution in [0.15, 0.2) is 5.38 Å². The van der Waals surface area contributed by atoms with Crippen LogP contribution in [0.4, 0.5) is 0 Å². The van der Waals surface area contributed by atoms with Crippen molar-refractivity contribution in [2.75, 3.05) is 6.54 Å². The molecule has 2 N–H and O–H groups in total. The Labute approximate surface area is 123 Å². The minimum Gasteiger partial charge on any atom is -0.481 e. The van der Waals surface area contributed by atoms with Crippen molar-refractivity contribution in [3.8, 4) is 0 Å². The van der Waals surface area contributed by atoms with Crippen molar-refractivity contribution in [2.24, 2.45) is 11.8 Å². The maximum absolute atomic E-state index is 12.2. The number of thiophene rings is 1. The predicted octanol–water partition coefficient (Wildman–Crippen LogP) is 2.71. The first-order valence-corrected chi connectivity index (χ1v) is 8.01. The summed E-state index contributed by atoms with van der Waals surface area (Å²) in [6, 6.07) is 0. The number of carboxylic acids is 1. The van der Waals surface area contributed by atoms with Gasteiger partial charge in [-0.2, -0.15) is 0 Å². The highest BCUT2D eigenvalue weighted by Crippen LogP contribution is 2.32. The number of fused-ring (bicyclic) bond motifs is 1. The fraction of sp³-hybridized carbons (Fsp3) is 0.600. The summed E-state index contributed by atoms with van der Waals surface area (Å²) in [5.41, 5.74) is 1.92. The molecule has 2 unspecified atom stereocenters. The summed E-state index contributed by atoms with van der Waals surface area (Å²) in [6.07, 6.45) is 3.66. The third-order valence-corrected chi connectivity index (χ3v) is 5.05. The number of hydrogen-bond acceptors (Lipinski definition) is 3. The average Bonchev–Trinajstić information content (AvgIpc) is 2.81. The van der Waals surface area contributed by atoms with E-state index in [4.69, 9.17) is 5.11 Å². The van der Waals surface area contributed by atoms with E-state index >= 15 is 0 Å². The molecule has 0 saturated heterocycles. The molecule has 110 valence electrons. The van der Waals surface area contributed by atoms with Crippen LogP contribution in [0, 0.1) is 11.8 Å². The van der Waals surface area contributed by atoms with E-state index in [0.29, 0.717) is 12.3 Å². The summed E-state index contributed by atoms with van der Waals surface area (Å²) >= 11 is 1.65. The first-order valence-electron chi connectivity index (χ1n) is 7.13. The molecule has 1 aromatic heterocycles. The molecule has 1 aliphatic carbocycles. The number of carbonyl (C=O) groups is 2. The minimum absolute atomic E-state index is 0.128. The van der Waals surface area contributed by atoms with Gasteiger partial charge in [0.1, 0.15) is 0 Å². The largest absolute Gasteiger partial charge is 0.481 e. The smallest absolute Gasteiger partial charge is 0.308 e. The van der Waals surface area contributed by atoms with Gasteiger partial charge >= 0.3 is 5.97 Å². The van der Waals surface area contributed by atoms with Gasteiger partial charge in [0.15, 0.2) is 0 Å². The molecular formula is C15H21NO3S. The van der Waals surface area contributed by atoms with Gasteiger partial charge in [-0.3, -0.25) is 9.59 Å². The molecular weight excluding hydrogens is 274 g/mol. The van der Waals surface area contributed by atoms with E-state index in [0.717, 1.165) is 24.8 Å². The zero-order chi connectivity index (χ0) is 14.7. The number of nitrogens with one attached hydrogen (secondary N) is 1. The van der Waals surface area contributed by atoms with Crippen LogP contribution < -0.4 is 5.32 Å². The number of carboxylic acid groups (broad SMARTS) is 1. The van der Waals surface area contributed by atoms with Crippen LogP contribution in [0.5, 0.6) is 0 Å². The zero-order valence-electron chi connectivity index (χ0n) is 11.9. The van der Waals surface area contributed by atoms with Crippen LogP contribution in [-0.4, -0.2) is 23.5 Å². The van der Waals surface area contributed by atoms with Crippen molar-refractivity contribution in [1.82, 2.24) is 5.32 Å². The van der Waals surface area contributed by atoms with Gasteiger partial charge in [-0.1, -0.05) is 13.8 Å². The Kier molecular flexibility index (Phi) is 4.81. The number of carbonyl (C=O) groups excluding carboxylic acids is 1. The Morgan fingerprint density at radius 3 is 2.95 bits per heavy atom. The lowest BCUT2D eigenvalue weighted by molar-refractivity contribution is -0.141. The molecule has 1 aromatic rings. The van der Waals surface area contributed by atoms with Crippen molar-refractivity contribution in [1.29, 1.82) is 0 Å². The molecule has 0 saturated carbocycles. The standard InChI is InChI=1S/C15H21NO3S/c1-3-10(15(18)19)7-16-14(17)12-8-20-13-6-9(2)4-5-11(12)13/h8-10H,3-7H2,1-2H3,(H,16,17)(H,18,19). The molecule has 2 atom stereocenters. The van der Waals surface area contributed by atoms with Crippen molar-refractivity contribution in [2.45, 2.75) is 39.5 Å². The van der Waals surface area contributed by atoms with Crippen LogP contribution in [0.25, 0.3) is 0 Å². The lowest BCUT2D eigenvalue weighted by Crippen LogP contribution is -2.33. The van der Waals surface area contributed by atoms with E-state index in [1.54, 1.807) is 11.3 Å². The Morgan fingerprint density at radius 2 is 2.30 bits per heavy atom. The molecule has 2 rings (SSSR count). The van der Waals surface area contributed by atoms with Gasteiger partial charge in [-0.05, 0) is 37.2 Å². The molecule has 5 heteroatoms. The molecule has 4 nitrogen and oxygen atoms in total. The van der Waals surface area contributed by atoms with Crippen molar-refractivity contribution < 1.29 is 14.7 Å². The van der Waals surface area contributed by atoms with Gasteiger partial charge < -0.3 is 10.4 Å². The first-order chi connectivity index (χ1) is 9.52. The maximum atomic E-state index is 12.2. The van der Waals surface area contributed by atoms with Crippen LogP contribution >= 0.6 is 11.3 Å². The fourth-order valence-corrected chi connectivity index (χ4v) is 3.83. The third kappa shape index (κ3) is 3.20. The lowest BCUT2D eigenvalue weighted by Gasteiger charge is -2.19. The van der Waals surface area contributed by atoms with Gasteiger partial charge in [-0.25, -0.2) is 0 Å². The maximum Gasteiger partial charge on any atom is 0.308 e. The van der Waals surface area contributed by atoms with Gasteiger partial charge in [0.25, 0.3) is 5.91 Å².